The summed E-state index contributed by atoms with van der Waals surface area (Å²) in [7, 11) is 0. The van der Waals surface area contributed by atoms with Gasteiger partial charge in [0.15, 0.2) is 0 Å². The van der Waals surface area contributed by atoms with Gasteiger partial charge in [0, 0.05) is 20.9 Å². The van der Waals surface area contributed by atoms with Crippen molar-refractivity contribution < 1.29 is 4.68 Å². The van der Waals surface area contributed by atoms with Crippen molar-refractivity contribution in [3.05, 3.63) is 75.1 Å². The van der Waals surface area contributed by atoms with E-state index in [-0.39, 0.29) is 11.7 Å². The zero-order valence-corrected chi connectivity index (χ0v) is 19.1. The Labute approximate surface area is 191 Å². The first-order valence-corrected chi connectivity index (χ1v) is 11.8. The van der Waals surface area contributed by atoms with Crippen molar-refractivity contribution in [2.45, 2.75) is 24.7 Å². The van der Waals surface area contributed by atoms with E-state index in [1.54, 1.807) is 22.6 Å². The van der Waals surface area contributed by atoms with Crippen LogP contribution in [0.5, 0.6) is 0 Å². The predicted octanol–water partition coefficient (Wildman–Crippen LogP) is 4.35. The quantitative estimate of drug-likeness (QED) is 0.282. The lowest BCUT2D eigenvalue weighted by molar-refractivity contribution is -0.759. The number of nitrogens with one attached hydrogen (secondary N) is 3. The maximum absolute atomic E-state index is 13.2. The van der Waals surface area contributed by atoms with E-state index in [1.807, 2.05) is 48.5 Å². The van der Waals surface area contributed by atoms with Crippen molar-refractivity contribution in [2.75, 3.05) is 11.1 Å². The molecule has 0 saturated heterocycles. The predicted molar refractivity (Wildman–Crippen MR) is 125 cm³/mol. The van der Waals surface area contributed by atoms with E-state index in [0.29, 0.717) is 10.9 Å². The highest BCUT2D eigenvalue weighted by Crippen LogP contribution is 2.36. The number of H-pyrrole nitrogens is 2. The van der Waals surface area contributed by atoms with Crippen LogP contribution in [-0.4, -0.2) is 26.0 Å². The maximum Gasteiger partial charge on any atom is 0.325 e. The lowest BCUT2D eigenvalue weighted by atomic mass is 10.0. The third-order valence-corrected chi connectivity index (χ3v) is 6.67. The second-order valence-corrected chi connectivity index (χ2v) is 9.20. The summed E-state index contributed by atoms with van der Waals surface area (Å²) in [6.07, 6.45) is 2.40. The zero-order chi connectivity index (χ0) is 21.4. The molecule has 0 bridgehead atoms. The van der Waals surface area contributed by atoms with E-state index in [1.165, 1.54) is 0 Å². The molecule has 0 radical (unpaired) electrons. The molecule has 156 valence electrons. The molecule has 2 aromatic heterocycles. The van der Waals surface area contributed by atoms with E-state index < -0.39 is 0 Å². The fourth-order valence-electron chi connectivity index (χ4n) is 3.72. The second-order valence-electron chi connectivity index (χ2n) is 7.20. The normalized spacial score (nSPS) is 14.6. The van der Waals surface area contributed by atoms with Crippen LogP contribution in [0, 0.1) is 0 Å². The molecule has 0 fully saturated rings. The third-order valence-electron chi connectivity index (χ3n) is 5.11. The lowest BCUT2D eigenvalue weighted by Gasteiger charge is -2.22. The summed E-state index contributed by atoms with van der Waals surface area (Å²) >= 11 is 5.07. The third kappa shape index (κ3) is 3.68. The summed E-state index contributed by atoms with van der Waals surface area (Å²) in [5.74, 6) is 0.878. The summed E-state index contributed by atoms with van der Waals surface area (Å²) in [5, 5.41) is 16.4. The molecule has 0 spiro atoms. The lowest BCUT2D eigenvalue weighted by Crippen LogP contribution is -2.55. The van der Waals surface area contributed by atoms with Gasteiger partial charge in [-0.05, 0) is 29.3 Å². The molecule has 0 amide bonds. The van der Waals surface area contributed by atoms with Crippen molar-refractivity contribution in [2.24, 2.45) is 0 Å². The van der Waals surface area contributed by atoms with Gasteiger partial charge in [-0.15, -0.1) is 0 Å². The van der Waals surface area contributed by atoms with Crippen LogP contribution in [0.25, 0.3) is 22.5 Å². The molecular weight excluding hydrogens is 476 g/mol. The number of fused-ring (bicyclic) bond motifs is 3. The Hall–Kier alpha value is -2.91. The number of nitrogens with zero attached hydrogens (tertiary/aromatic N) is 3. The van der Waals surface area contributed by atoms with Crippen molar-refractivity contribution in [3.63, 3.8) is 0 Å². The molecular formula is C22H20BrN6OS+. The molecule has 0 aliphatic carbocycles. The highest BCUT2D eigenvalue weighted by atomic mass is 79.9. The molecule has 3 heterocycles. The van der Waals surface area contributed by atoms with Gasteiger partial charge in [-0.1, -0.05) is 64.9 Å². The number of benzene rings is 2. The van der Waals surface area contributed by atoms with Crippen LogP contribution in [0.1, 0.15) is 25.1 Å². The fraction of sp³-hybridized carbons (Fsp3) is 0.182. The number of rotatable bonds is 5. The topological polar surface area (TPSA) is 90.3 Å². The van der Waals surface area contributed by atoms with Crippen LogP contribution in [-0.2, 0) is 0 Å². The molecule has 5 rings (SSSR count). The molecule has 0 saturated carbocycles. The molecule has 1 atom stereocenters. The van der Waals surface area contributed by atoms with Crippen molar-refractivity contribution in [3.8, 4) is 22.5 Å². The summed E-state index contributed by atoms with van der Waals surface area (Å²) in [4.78, 5) is 16.1. The van der Waals surface area contributed by atoms with E-state index in [9.17, 15) is 4.79 Å². The molecule has 1 aliphatic heterocycles. The average Bonchev–Trinajstić information content (AvgIpc) is 3.27. The molecule has 7 nitrogen and oxygen atoms in total. The number of aromatic amines is 2. The monoisotopic (exact) mass is 495 g/mol. The number of hydrogen-bond acceptors (Lipinski definition) is 5. The van der Waals surface area contributed by atoms with Crippen LogP contribution in [0.3, 0.4) is 0 Å². The molecule has 0 unspecified atom stereocenters. The number of anilines is 1. The average molecular weight is 496 g/mol. The SMILES string of the molecule is CCCSc1n[n+]2c(c(=O)[nH]1)-c1cc(Br)ccc1N[C@H]2c1cn[nH]c1-c1ccccc1. The van der Waals surface area contributed by atoms with Crippen LogP contribution in [0.15, 0.2) is 69.2 Å². The van der Waals surface area contributed by atoms with E-state index in [2.05, 4.69) is 43.4 Å². The molecule has 9 heteroatoms. The number of aromatic nitrogens is 5. The summed E-state index contributed by atoms with van der Waals surface area (Å²) < 4.78 is 2.68. The number of halogens is 1. The van der Waals surface area contributed by atoms with Crippen molar-refractivity contribution in [1.82, 2.24) is 20.3 Å². The minimum atomic E-state index is -0.388. The van der Waals surface area contributed by atoms with Crippen molar-refractivity contribution in [1.29, 1.82) is 0 Å². The first kappa shape index (κ1) is 20.0. The summed E-state index contributed by atoms with van der Waals surface area (Å²) in [6, 6.07) is 15.9. The van der Waals surface area contributed by atoms with E-state index in [0.717, 1.165) is 44.7 Å². The minimum absolute atomic E-state index is 0.163. The van der Waals surface area contributed by atoms with E-state index >= 15 is 0 Å². The van der Waals surface area contributed by atoms with Gasteiger partial charge in [0.05, 0.1) is 28.7 Å². The molecule has 2 aromatic carbocycles. The molecule has 1 aliphatic rings. The zero-order valence-electron chi connectivity index (χ0n) is 16.7. The molecule has 3 N–H and O–H groups in total. The van der Waals surface area contributed by atoms with Crippen LogP contribution in [0.4, 0.5) is 5.69 Å². The van der Waals surface area contributed by atoms with Gasteiger partial charge in [-0.2, -0.15) is 5.10 Å². The maximum atomic E-state index is 13.2. The van der Waals surface area contributed by atoms with Gasteiger partial charge in [0.2, 0.25) is 5.16 Å². The van der Waals surface area contributed by atoms with E-state index in [4.69, 9.17) is 5.10 Å². The Bertz CT molecular complexity index is 1300. The smallest absolute Gasteiger partial charge is 0.321 e. The van der Waals surface area contributed by atoms with Gasteiger partial charge in [0.25, 0.3) is 6.17 Å². The first-order valence-electron chi connectivity index (χ1n) is 9.99. The number of thioether (sulfide) groups is 1. The summed E-state index contributed by atoms with van der Waals surface area (Å²) in [6.45, 7) is 2.10. The van der Waals surface area contributed by atoms with Crippen LogP contribution in [0.2, 0.25) is 0 Å². The second kappa shape index (κ2) is 8.32. The van der Waals surface area contributed by atoms with Gasteiger partial charge in [-0.3, -0.25) is 14.9 Å². The molecule has 4 aromatic rings. The Morgan fingerprint density at radius 1 is 1.19 bits per heavy atom. The Balaban J connectivity index is 1.71. The number of hydrogen-bond donors (Lipinski definition) is 3. The largest absolute Gasteiger partial charge is 0.325 e. The fourth-order valence-corrected chi connectivity index (χ4v) is 4.79. The highest BCUT2D eigenvalue weighted by molar-refractivity contribution is 9.10. The van der Waals surface area contributed by atoms with Gasteiger partial charge < -0.3 is 5.32 Å². The van der Waals surface area contributed by atoms with Crippen LogP contribution < -0.4 is 15.6 Å². The molecule has 31 heavy (non-hydrogen) atoms. The summed E-state index contributed by atoms with van der Waals surface area (Å²) in [5.41, 5.74) is 4.85. The van der Waals surface area contributed by atoms with Gasteiger partial charge in [-0.25, -0.2) is 0 Å². The minimum Gasteiger partial charge on any atom is -0.321 e. The van der Waals surface area contributed by atoms with Gasteiger partial charge in [0.1, 0.15) is 0 Å². The highest BCUT2D eigenvalue weighted by Gasteiger charge is 2.39. The van der Waals surface area contributed by atoms with Gasteiger partial charge >= 0.3 is 11.3 Å². The van der Waals surface area contributed by atoms with Crippen LogP contribution >= 0.6 is 27.7 Å². The standard InChI is InChI=1S/C22H19BrN6OS/c1-2-10-31-22-26-21(30)19-15-11-14(23)8-9-17(15)25-20(29(19)28-22)16-12-24-27-18(16)13-6-4-3-5-7-13/h3-9,11-12,20H,2,10H2,1H3,(H2,24,26,27,28,30)/p+1/t20-/m1/s1. The van der Waals surface area contributed by atoms with Crippen molar-refractivity contribution >= 4 is 33.4 Å². The Morgan fingerprint density at radius 3 is 2.84 bits per heavy atom. The first-order chi connectivity index (χ1) is 15.2. The Morgan fingerprint density at radius 2 is 2.03 bits per heavy atom. The Kier molecular flexibility index (Phi) is 5.37.